The summed E-state index contributed by atoms with van der Waals surface area (Å²) >= 11 is 7.51. The standard InChI is InChI=1S/C15H13ClN4OS/c1-9-7-10(16)4-5-12(9)17-15-18-14(21)13(19-20-15)8-11-3-2-6-22-11/h2-7H,8H2,1H3,(H2,17,18,20,21). The van der Waals surface area contributed by atoms with Crippen LogP contribution < -0.4 is 10.9 Å². The summed E-state index contributed by atoms with van der Waals surface area (Å²) in [6.45, 7) is 1.92. The minimum absolute atomic E-state index is 0.238. The molecule has 2 N–H and O–H groups in total. The first-order valence-corrected chi connectivity index (χ1v) is 7.89. The van der Waals surface area contributed by atoms with Crippen molar-refractivity contribution in [3.63, 3.8) is 0 Å². The molecule has 0 fully saturated rings. The highest BCUT2D eigenvalue weighted by Crippen LogP contribution is 2.21. The molecule has 0 unspecified atom stereocenters. The van der Waals surface area contributed by atoms with Crippen molar-refractivity contribution in [2.45, 2.75) is 13.3 Å². The SMILES string of the molecule is Cc1cc(Cl)ccc1Nc1nnc(Cc2cccs2)c(=O)[nH]1. The van der Waals surface area contributed by atoms with Crippen LogP contribution in [0.4, 0.5) is 11.6 Å². The highest BCUT2D eigenvalue weighted by Gasteiger charge is 2.08. The first kappa shape index (κ1) is 14.7. The van der Waals surface area contributed by atoms with Gasteiger partial charge in [0.1, 0.15) is 5.69 Å². The average Bonchev–Trinajstić information content (AvgIpc) is 2.98. The molecule has 1 aromatic carbocycles. The summed E-state index contributed by atoms with van der Waals surface area (Å²) in [5, 5.41) is 13.7. The lowest BCUT2D eigenvalue weighted by atomic mass is 10.2. The van der Waals surface area contributed by atoms with Gasteiger partial charge >= 0.3 is 0 Å². The summed E-state index contributed by atoms with van der Waals surface area (Å²) in [6, 6.07) is 9.35. The van der Waals surface area contributed by atoms with Crippen LogP contribution in [0, 0.1) is 6.92 Å². The van der Waals surface area contributed by atoms with Gasteiger partial charge in [0.25, 0.3) is 5.56 Å². The van der Waals surface area contributed by atoms with Crippen LogP contribution in [0.2, 0.25) is 5.02 Å². The molecule has 3 rings (SSSR count). The lowest BCUT2D eigenvalue weighted by Crippen LogP contribution is -2.18. The van der Waals surface area contributed by atoms with Crippen LogP contribution >= 0.6 is 22.9 Å². The Kier molecular flexibility index (Phi) is 4.22. The third-order valence-corrected chi connectivity index (χ3v) is 4.24. The van der Waals surface area contributed by atoms with Gasteiger partial charge in [-0.05, 0) is 42.1 Å². The van der Waals surface area contributed by atoms with E-state index in [0.717, 1.165) is 16.1 Å². The van der Waals surface area contributed by atoms with E-state index >= 15 is 0 Å². The summed E-state index contributed by atoms with van der Waals surface area (Å²) in [6.07, 6.45) is 0.486. The lowest BCUT2D eigenvalue weighted by molar-refractivity contribution is 0.878. The molecule has 0 amide bonds. The normalized spacial score (nSPS) is 10.6. The smallest absolute Gasteiger partial charge is 0.274 e. The molecule has 0 aliphatic heterocycles. The largest absolute Gasteiger partial charge is 0.324 e. The number of H-pyrrole nitrogens is 1. The molecule has 5 nitrogen and oxygen atoms in total. The van der Waals surface area contributed by atoms with Crippen molar-refractivity contribution in [2.75, 3.05) is 5.32 Å². The van der Waals surface area contributed by atoms with Gasteiger partial charge in [-0.15, -0.1) is 21.5 Å². The molecule has 0 saturated heterocycles. The van der Waals surface area contributed by atoms with Crippen LogP contribution in [0.1, 0.15) is 16.1 Å². The molecule has 2 aromatic heterocycles. The quantitative estimate of drug-likeness (QED) is 0.766. The number of nitrogens with zero attached hydrogens (tertiary/aromatic N) is 2. The Morgan fingerprint density at radius 3 is 2.86 bits per heavy atom. The second-order valence-corrected chi connectivity index (χ2v) is 6.26. The molecular formula is C15H13ClN4OS. The number of hydrogen-bond donors (Lipinski definition) is 2. The number of thiophene rings is 1. The van der Waals surface area contributed by atoms with Gasteiger partial charge in [-0.25, -0.2) is 0 Å². The number of rotatable bonds is 4. The van der Waals surface area contributed by atoms with Gasteiger partial charge in [0, 0.05) is 22.0 Å². The van der Waals surface area contributed by atoms with E-state index in [2.05, 4.69) is 20.5 Å². The number of aromatic nitrogens is 3. The van der Waals surface area contributed by atoms with E-state index < -0.39 is 0 Å². The molecule has 0 atom stereocenters. The molecule has 3 aromatic rings. The molecule has 2 heterocycles. The van der Waals surface area contributed by atoms with Crippen LogP contribution in [0.3, 0.4) is 0 Å². The Labute approximate surface area is 136 Å². The van der Waals surface area contributed by atoms with E-state index in [4.69, 9.17) is 11.6 Å². The molecule has 0 bridgehead atoms. The highest BCUT2D eigenvalue weighted by molar-refractivity contribution is 7.09. The van der Waals surface area contributed by atoms with Crippen molar-refractivity contribution in [3.05, 3.63) is 67.2 Å². The number of nitrogens with one attached hydrogen (secondary N) is 2. The van der Waals surface area contributed by atoms with Crippen LogP contribution in [-0.4, -0.2) is 15.2 Å². The zero-order valence-corrected chi connectivity index (χ0v) is 13.3. The lowest BCUT2D eigenvalue weighted by Gasteiger charge is -2.08. The predicted octanol–water partition coefficient (Wildman–Crippen LogP) is 3.52. The van der Waals surface area contributed by atoms with Crippen LogP contribution in [0.25, 0.3) is 0 Å². The van der Waals surface area contributed by atoms with Crippen LogP contribution in [-0.2, 0) is 6.42 Å². The Balaban J connectivity index is 1.81. The molecule has 0 aliphatic carbocycles. The fraction of sp³-hybridized carbons (Fsp3) is 0.133. The first-order chi connectivity index (χ1) is 10.6. The number of anilines is 2. The van der Waals surface area contributed by atoms with E-state index in [1.165, 1.54) is 0 Å². The van der Waals surface area contributed by atoms with E-state index in [1.807, 2.05) is 36.6 Å². The summed E-state index contributed by atoms with van der Waals surface area (Å²) in [5.41, 5.74) is 1.94. The molecule has 7 heteroatoms. The fourth-order valence-corrected chi connectivity index (χ4v) is 2.94. The third-order valence-electron chi connectivity index (χ3n) is 3.13. The van der Waals surface area contributed by atoms with Gasteiger partial charge in [-0.1, -0.05) is 17.7 Å². The minimum Gasteiger partial charge on any atom is -0.324 e. The maximum Gasteiger partial charge on any atom is 0.274 e. The van der Waals surface area contributed by atoms with Gasteiger partial charge in [0.2, 0.25) is 5.95 Å². The van der Waals surface area contributed by atoms with Gasteiger partial charge in [0.05, 0.1) is 0 Å². The Hall–Kier alpha value is -2.18. The molecule has 0 saturated carbocycles. The summed E-state index contributed by atoms with van der Waals surface area (Å²) in [4.78, 5) is 15.9. The molecule has 112 valence electrons. The molecule has 0 radical (unpaired) electrons. The molecule has 22 heavy (non-hydrogen) atoms. The zero-order chi connectivity index (χ0) is 15.5. The zero-order valence-electron chi connectivity index (χ0n) is 11.8. The number of aromatic amines is 1. The Morgan fingerprint density at radius 2 is 2.18 bits per heavy atom. The molecule has 0 aliphatic rings. The first-order valence-electron chi connectivity index (χ1n) is 6.63. The van der Waals surface area contributed by atoms with Crippen molar-refractivity contribution >= 4 is 34.6 Å². The second kappa shape index (κ2) is 6.29. The summed E-state index contributed by atoms with van der Waals surface area (Å²) in [7, 11) is 0. The number of hydrogen-bond acceptors (Lipinski definition) is 5. The van der Waals surface area contributed by atoms with Gasteiger partial charge in [-0.3, -0.25) is 9.78 Å². The van der Waals surface area contributed by atoms with Gasteiger partial charge < -0.3 is 5.32 Å². The van der Waals surface area contributed by atoms with E-state index in [1.54, 1.807) is 17.4 Å². The minimum atomic E-state index is -0.238. The average molecular weight is 333 g/mol. The van der Waals surface area contributed by atoms with Crippen molar-refractivity contribution in [2.24, 2.45) is 0 Å². The highest BCUT2D eigenvalue weighted by atomic mass is 35.5. The summed E-state index contributed by atoms with van der Waals surface area (Å²) in [5.74, 6) is 0.311. The number of halogens is 1. The maximum atomic E-state index is 12.1. The van der Waals surface area contributed by atoms with Crippen LogP contribution in [0.15, 0.2) is 40.5 Å². The van der Waals surface area contributed by atoms with E-state index in [0.29, 0.717) is 23.1 Å². The predicted molar refractivity (Wildman–Crippen MR) is 89.2 cm³/mol. The van der Waals surface area contributed by atoms with Gasteiger partial charge in [-0.2, -0.15) is 0 Å². The Bertz CT molecular complexity index is 845. The Morgan fingerprint density at radius 1 is 1.32 bits per heavy atom. The molecular weight excluding hydrogens is 320 g/mol. The van der Waals surface area contributed by atoms with E-state index in [-0.39, 0.29) is 5.56 Å². The van der Waals surface area contributed by atoms with Crippen molar-refractivity contribution in [1.29, 1.82) is 0 Å². The topological polar surface area (TPSA) is 70.7 Å². The van der Waals surface area contributed by atoms with E-state index in [9.17, 15) is 4.79 Å². The third kappa shape index (κ3) is 3.35. The van der Waals surface area contributed by atoms with Crippen molar-refractivity contribution in [1.82, 2.24) is 15.2 Å². The van der Waals surface area contributed by atoms with Gasteiger partial charge in [0.15, 0.2) is 0 Å². The van der Waals surface area contributed by atoms with Crippen molar-refractivity contribution in [3.8, 4) is 0 Å². The fourth-order valence-electron chi connectivity index (χ4n) is 2.01. The van der Waals surface area contributed by atoms with Crippen LogP contribution in [0.5, 0.6) is 0 Å². The number of benzene rings is 1. The second-order valence-electron chi connectivity index (χ2n) is 4.79. The monoisotopic (exact) mass is 332 g/mol. The molecule has 0 spiro atoms. The summed E-state index contributed by atoms with van der Waals surface area (Å²) < 4.78 is 0. The van der Waals surface area contributed by atoms with Crippen molar-refractivity contribution < 1.29 is 0 Å². The maximum absolute atomic E-state index is 12.1. The number of aryl methyl sites for hydroxylation is 1.